The molecule has 1 aromatic carbocycles. The number of carbonyl (C=O) groups is 2. The molecule has 1 aromatic heterocycles. The van der Waals surface area contributed by atoms with E-state index >= 15 is 0 Å². The van der Waals surface area contributed by atoms with E-state index in [0.717, 1.165) is 18.8 Å². The highest BCUT2D eigenvalue weighted by atomic mass is 79.9. The molecule has 1 saturated heterocycles. The number of furan rings is 1. The molecule has 1 fully saturated rings. The zero-order valence-electron chi connectivity index (χ0n) is 13.0. The van der Waals surface area contributed by atoms with Crippen molar-refractivity contribution >= 4 is 33.5 Å². The van der Waals surface area contributed by atoms with Crippen molar-refractivity contribution < 1.29 is 18.7 Å². The largest absolute Gasteiger partial charge is 0.450 e. The van der Waals surface area contributed by atoms with Crippen LogP contribution in [0.3, 0.4) is 0 Å². The van der Waals surface area contributed by atoms with Gasteiger partial charge in [0.25, 0.3) is 5.91 Å². The van der Waals surface area contributed by atoms with Crippen LogP contribution < -0.4 is 4.90 Å². The highest BCUT2D eigenvalue weighted by Crippen LogP contribution is 2.16. The van der Waals surface area contributed by atoms with Crippen LogP contribution in [0.15, 0.2) is 51.6 Å². The van der Waals surface area contributed by atoms with Crippen molar-refractivity contribution in [2.24, 2.45) is 0 Å². The fourth-order valence-electron chi connectivity index (χ4n) is 2.57. The Balaban J connectivity index is 1.46. The molecular formula is C17H17BrN2O4. The minimum absolute atomic E-state index is 0.0728. The molecule has 0 radical (unpaired) electrons. The summed E-state index contributed by atoms with van der Waals surface area (Å²) in [5, 5.41) is 0. The van der Waals surface area contributed by atoms with Crippen LogP contribution in [0.5, 0.6) is 0 Å². The Bertz CT molecular complexity index is 708. The molecule has 24 heavy (non-hydrogen) atoms. The lowest BCUT2D eigenvalue weighted by atomic mass is 10.2. The quantitative estimate of drug-likeness (QED) is 0.748. The first kappa shape index (κ1) is 16.6. The Morgan fingerprint density at radius 2 is 1.75 bits per heavy atom. The van der Waals surface area contributed by atoms with E-state index in [1.54, 1.807) is 11.0 Å². The van der Waals surface area contributed by atoms with E-state index in [1.807, 2.05) is 18.2 Å². The van der Waals surface area contributed by atoms with Crippen molar-refractivity contribution in [2.45, 2.75) is 0 Å². The molecule has 0 unspecified atom stereocenters. The molecule has 0 atom stereocenters. The van der Waals surface area contributed by atoms with Gasteiger partial charge in [-0.1, -0.05) is 18.2 Å². The zero-order chi connectivity index (χ0) is 16.9. The molecule has 0 spiro atoms. The van der Waals surface area contributed by atoms with Crippen molar-refractivity contribution in [3.63, 3.8) is 0 Å². The molecule has 0 N–H and O–H groups in total. The van der Waals surface area contributed by atoms with Crippen LogP contribution in [0.25, 0.3) is 0 Å². The third-order valence-corrected chi connectivity index (χ3v) is 4.28. The lowest BCUT2D eigenvalue weighted by Gasteiger charge is -2.36. The van der Waals surface area contributed by atoms with Gasteiger partial charge in [-0.15, -0.1) is 0 Å². The predicted octanol–water partition coefficient (Wildman–Crippen LogP) is 2.55. The summed E-state index contributed by atoms with van der Waals surface area (Å²) in [5.41, 5.74) is 1.15. The Hall–Kier alpha value is -2.28. The number of esters is 1. The summed E-state index contributed by atoms with van der Waals surface area (Å²) in [7, 11) is 0. The van der Waals surface area contributed by atoms with Gasteiger partial charge in [0, 0.05) is 31.9 Å². The second-order valence-electron chi connectivity index (χ2n) is 5.38. The fraction of sp³-hybridized carbons (Fsp3) is 0.294. The summed E-state index contributed by atoms with van der Waals surface area (Å²) in [6.45, 7) is 2.46. The van der Waals surface area contributed by atoms with Crippen LogP contribution >= 0.6 is 15.9 Å². The minimum Gasteiger partial charge on any atom is -0.450 e. The lowest BCUT2D eigenvalue weighted by molar-refractivity contribution is -0.134. The Labute approximate surface area is 148 Å². The normalized spacial score (nSPS) is 14.5. The van der Waals surface area contributed by atoms with E-state index in [-0.39, 0.29) is 18.3 Å². The SMILES string of the molecule is O=C(OCC(=O)N1CCN(c2ccccc2)CC1)c1ccc(Br)o1. The maximum Gasteiger partial charge on any atom is 0.374 e. The number of halogens is 1. The fourth-order valence-corrected chi connectivity index (χ4v) is 2.87. The number of nitrogens with zero attached hydrogens (tertiary/aromatic N) is 2. The van der Waals surface area contributed by atoms with E-state index in [2.05, 4.69) is 33.0 Å². The molecule has 2 aromatic rings. The van der Waals surface area contributed by atoms with Crippen LogP contribution in [-0.4, -0.2) is 49.6 Å². The van der Waals surface area contributed by atoms with E-state index < -0.39 is 5.97 Å². The van der Waals surface area contributed by atoms with E-state index in [1.165, 1.54) is 6.07 Å². The van der Waals surface area contributed by atoms with Crippen molar-refractivity contribution in [1.29, 1.82) is 0 Å². The van der Waals surface area contributed by atoms with E-state index in [0.29, 0.717) is 17.8 Å². The summed E-state index contributed by atoms with van der Waals surface area (Å²) in [4.78, 5) is 27.9. The lowest BCUT2D eigenvalue weighted by Crippen LogP contribution is -2.49. The molecule has 126 valence electrons. The number of anilines is 1. The minimum atomic E-state index is -0.642. The second-order valence-corrected chi connectivity index (χ2v) is 6.16. The van der Waals surface area contributed by atoms with E-state index in [9.17, 15) is 9.59 Å². The highest BCUT2D eigenvalue weighted by Gasteiger charge is 2.23. The maximum atomic E-state index is 12.2. The van der Waals surface area contributed by atoms with Gasteiger partial charge in [0.05, 0.1) is 0 Å². The molecule has 1 aliphatic heterocycles. The van der Waals surface area contributed by atoms with Crippen molar-refractivity contribution in [1.82, 2.24) is 4.90 Å². The summed E-state index contributed by atoms with van der Waals surface area (Å²) in [5.74, 6) is -0.762. The number of piperazine rings is 1. The third-order valence-electron chi connectivity index (χ3n) is 3.85. The average Bonchev–Trinajstić information content (AvgIpc) is 3.07. The topological polar surface area (TPSA) is 63.0 Å². The molecule has 0 bridgehead atoms. The van der Waals surface area contributed by atoms with Gasteiger partial charge in [-0.2, -0.15) is 0 Å². The number of para-hydroxylation sites is 1. The first-order valence-electron chi connectivity index (χ1n) is 7.64. The first-order chi connectivity index (χ1) is 11.6. The second kappa shape index (κ2) is 7.53. The molecule has 3 rings (SSSR count). The molecule has 1 aliphatic rings. The summed E-state index contributed by atoms with van der Waals surface area (Å²) in [6.07, 6.45) is 0. The van der Waals surface area contributed by atoms with Gasteiger partial charge in [-0.3, -0.25) is 4.79 Å². The number of hydrogen-bond donors (Lipinski definition) is 0. The van der Waals surface area contributed by atoms with Crippen LogP contribution in [0.4, 0.5) is 5.69 Å². The number of hydrogen-bond acceptors (Lipinski definition) is 5. The highest BCUT2D eigenvalue weighted by molar-refractivity contribution is 9.10. The van der Waals surface area contributed by atoms with Crippen LogP contribution in [-0.2, 0) is 9.53 Å². The number of carbonyl (C=O) groups excluding carboxylic acids is 2. The summed E-state index contributed by atoms with van der Waals surface area (Å²) < 4.78 is 10.5. The standard InChI is InChI=1S/C17H17BrN2O4/c18-15-7-6-14(24-15)17(22)23-12-16(21)20-10-8-19(9-11-20)13-4-2-1-3-5-13/h1-7H,8-12H2. The molecular weight excluding hydrogens is 376 g/mol. The molecule has 1 amide bonds. The van der Waals surface area contributed by atoms with Gasteiger partial charge in [-0.05, 0) is 40.2 Å². The van der Waals surface area contributed by atoms with Crippen LogP contribution in [0, 0.1) is 0 Å². The van der Waals surface area contributed by atoms with Crippen molar-refractivity contribution in [3.8, 4) is 0 Å². The molecule has 0 saturated carbocycles. The zero-order valence-corrected chi connectivity index (χ0v) is 14.6. The Morgan fingerprint density at radius 1 is 1.04 bits per heavy atom. The van der Waals surface area contributed by atoms with Gasteiger partial charge in [-0.25, -0.2) is 4.79 Å². The van der Waals surface area contributed by atoms with Gasteiger partial charge in [0.15, 0.2) is 11.3 Å². The molecule has 7 heteroatoms. The van der Waals surface area contributed by atoms with Gasteiger partial charge in [0.2, 0.25) is 5.76 Å². The number of ether oxygens (including phenoxy) is 1. The molecule has 6 nitrogen and oxygen atoms in total. The smallest absolute Gasteiger partial charge is 0.374 e. The predicted molar refractivity (Wildman–Crippen MR) is 91.9 cm³/mol. The molecule has 0 aliphatic carbocycles. The summed E-state index contributed by atoms with van der Waals surface area (Å²) >= 11 is 3.11. The number of benzene rings is 1. The third kappa shape index (κ3) is 3.97. The van der Waals surface area contributed by atoms with Crippen molar-refractivity contribution in [2.75, 3.05) is 37.7 Å². The van der Waals surface area contributed by atoms with Crippen LogP contribution in [0.2, 0.25) is 0 Å². The van der Waals surface area contributed by atoms with E-state index in [4.69, 9.17) is 9.15 Å². The Kier molecular flexibility index (Phi) is 5.20. The number of amides is 1. The monoisotopic (exact) mass is 392 g/mol. The molecule has 2 heterocycles. The van der Waals surface area contributed by atoms with Crippen LogP contribution in [0.1, 0.15) is 10.6 Å². The van der Waals surface area contributed by atoms with Gasteiger partial charge < -0.3 is 19.0 Å². The van der Waals surface area contributed by atoms with Gasteiger partial charge in [0.1, 0.15) is 0 Å². The maximum absolute atomic E-state index is 12.2. The first-order valence-corrected chi connectivity index (χ1v) is 8.43. The summed E-state index contributed by atoms with van der Waals surface area (Å²) in [6, 6.07) is 13.2. The van der Waals surface area contributed by atoms with Crippen molar-refractivity contribution in [3.05, 3.63) is 52.9 Å². The van der Waals surface area contributed by atoms with Gasteiger partial charge >= 0.3 is 5.97 Å². The number of rotatable bonds is 4. The Morgan fingerprint density at radius 3 is 2.38 bits per heavy atom. The average molecular weight is 393 g/mol.